The number of fused-ring (bicyclic) bond motifs is 1. The molecule has 0 aliphatic carbocycles. The van der Waals surface area contributed by atoms with Crippen molar-refractivity contribution in [2.45, 2.75) is 0 Å². The van der Waals surface area contributed by atoms with Gasteiger partial charge in [-0.3, -0.25) is 0 Å². The first-order valence-electron chi connectivity index (χ1n) is 15.6. The summed E-state index contributed by atoms with van der Waals surface area (Å²) in [6.07, 6.45) is 0. The Hall–Kier alpha value is -5.67. The molecule has 4 heteroatoms. The van der Waals surface area contributed by atoms with E-state index in [1.54, 1.807) is 0 Å². The molecule has 1 heterocycles. The number of hydrogen-bond acceptors (Lipinski definition) is 3. The molecule has 7 aromatic carbocycles. The number of aromatic nitrogens is 3. The first-order valence-corrected chi connectivity index (χ1v) is 16.4. The Labute approximate surface area is 282 Å². The molecular formula is C43H28N3Se. The fourth-order valence-electron chi connectivity index (χ4n) is 6.02. The van der Waals surface area contributed by atoms with Crippen molar-refractivity contribution in [3.63, 3.8) is 0 Å². The van der Waals surface area contributed by atoms with Crippen molar-refractivity contribution in [3.8, 4) is 67.5 Å². The minimum absolute atomic E-state index is 0.645. The molecule has 8 aromatic rings. The van der Waals surface area contributed by atoms with Crippen molar-refractivity contribution in [2.24, 2.45) is 0 Å². The SMILES string of the molecule is [Se]c1ccc(-c2cccc3ccc(-c4nc(-c5ccccc5)nc(-c5ccccc5)n4)cc23)cc1-c1cccc(-c2ccccc2)c1. The van der Waals surface area contributed by atoms with Gasteiger partial charge in [0.05, 0.1) is 0 Å². The van der Waals surface area contributed by atoms with Gasteiger partial charge in [0.25, 0.3) is 0 Å². The van der Waals surface area contributed by atoms with E-state index in [9.17, 15) is 0 Å². The molecular weight excluding hydrogens is 637 g/mol. The maximum absolute atomic E-state index is 4.98. The third kappa shape index (κ3) is 5.89. The van der Waals surface area contributed by atoms with Crippen LogP contribution in [0.3, 0.4) is 0 Å². The van der Waals surface area contributed by atoms with Gasteiger partial charge in [-0.2, -0.15) is 0 Å². The van der Waals surface area contributed by atoms with Gasteiger partial charge < -0.3 is 0 Å². The Morgan fingerprint density at radius 3 is 1.49 bits per heavy atom. The third-order valence-electron chi connectivity index (χ3n) is 8.41. The van der Waals surface area contributed by atoms with E-state index in [1.165, 1.54) is 22.3 Å². The summed E-state index contributed by atoms with van der Waals surface area (Å²) >= 11 is 3.29. The molecule has 8 rings (SSSR count). The molecule has 0 amide bonds. The van der Waals surface area contributed by atoms with E-state index < -0.39 is 0 Å². The fraction of sp³-hybridized carbons (Fsp3) is 0. The van der Waals surface area contributed by atoms with E-state index in [2.05, 4.69) is 125 Å². The Bertz CT molecular complexity index is 2300. The molecule has 0 N–H and O–H groups in total. The Balaban J connectivity index is 1.25. The molecule has 3 nitrogen and oxygen atoms in total. The molecule has 0 unspecified atom stereocenters. The van der Waals surface area contributed by atoms with E-state index in [-0.39, 0.29) is 0 Å². The van der Waals surface area contributed by atoms with Gasteiger partial charge >= 0.3 is 223 Å². The zero-order valence-corrected chi connectivity index (χ0v) is 27.1. The molecule has 0 saturated carbocycles. The molecule has 0 saturated heterocycles. The second-order valence-electron chi connectivity index (χ2n) is 11.4. The summed E-state index contributed by atoms with van der Waals surface area (Å²) in [7, 11) is 0. The quantitative estimate of drug-likeness (QED) is 0.166. The van der Waals surface area contributed by atoms with Crippen LogP contribution in [0.4, 0.5) is 0 Å². The monoisotopic (exact) mass is 666 g/mol. The number of rotatable bonds is 6. The van der Waals surface area contributed by atoms with E-state index >= 15 is 0 Å². The number of nitrogens with zero attached hydrogens (tertiary/aromatic N) is 3. The minimum atomic E-state index is 0.645. The van der Waals surface area contributed by atoms with Crippen molar-refractivity contribution in [3.05, 3.63) is 170 Å². The van der Waals surface area contributed by atoms with Crippen molar-refractivity contribution < 1.29 is 0 Å². The molecule has 1 radical (unpaired) electrons. The first kappa shape index (κ1) is 28.8. The standard InChI is InChI=1S/C43H28N3Se/c47-40-25-24-35(27-39(40)34-20-10-19-33(26-34)29-12-4-1-5-13-29)37-21-11-18-30-22-23-36(28-38(30)37)43-45-41(31-14-6-2-7-15-31)44-42(46-43)32-16-8-3-9-17-32/h1-28H. The average molecular weight is 666 g/mol. The van der Waals surface area contributed by atoms with Crippen LogP contribution in [-0.2, 0) is 0 Å². The second-order valence-corrected chi connectivity index (χ2v) is 12.4. The zero-order chi connectivity index (χ0) is 31.6. The van der Waals surface area contributed by atoms with Crippen molar-refractivity contribution in [1.29, 1.82) is 0 Å². The van der Waals surface area contributed by atoms with Crippen molar-refractivity contribution >= 4 is 31.2 Å². The molecule has 221 valence electrons. The van der Waals surface area contributed by atoms with Gasteiger partial charge in [0.1, 0.15) is 0 Å². The van der Waals surface area contributed by atoms with Gasteiger partial charge in [0, 0.05) is 0 Å². The van der Waals surface area contributed by atoms with E-state index in [0.29, 0.717) is 17.5 Å². The summed E-state index contributed by atoms with van der Waals surface area (Å²) in [5.41, 5.74) is 9.91. The molecule has 0 atom stereocenters. The van der Waals surface area contributed by atoms with Gasteiger partial charge in [-0.25, -0.2) is 0 Å². The van der Waals surface area contributed by atoms with Gasteiger partial charge in [0.15, 0.2) is 0 Å². The van der Waals surface area contributed by atoms with Crippen LogP contribution in [-0.4, -0.2) is 31.0 Å². The average Bonchev–Trinajstić information content (AvgIpc) is 3.15. The topological polar surface area (TPSA) is 38.7 Å². The van der Waals surface area contributed by atoms with E-state index in [1.807, 2.05) is 60.7 Å². The maximum atomic E-state index is 4.98. The van der Waals surface area contributed by atoms with Crippen LogP contribution in [0, 0.1) is 0 Å². The Morgan fingerprint density at radius 1 is 0.319 bits per heavy atom. The van der Waals surface area contributed by atoms with Crippen LogP contribution in [0.2, 0.25) is 0 Å². The number of benzene rings is 7. The summed E-state index contributed by atoms with van der Waals surface area (Å²) in [5, 5.41) is 2.30. The molecule has 47 heavy (non-hydrogen) atoms. The summed E-state index contributed by atoms with van der Waals surface area (Å²) in [4.78, 5) is 14.8. The van der Waals surface area contributed by atoms with Crippen LogP contribution in [0.25, 0.3) is 78.3 Å². The number of hydrogen-bond donors (Lipinski definition) is 0. The summed E-state index contributed by atoms with van der Waals surface area (Å²) in [5.74, 6) is 1.95. The summed E-state index contributed by atoms with van der Waals surface area (Å²) in [6, 6.07) is 59.1. The van der Waals surface area contributed by atoms with Gasteiger partial charge in [0.2, 0.25) is 0 Å². The normalized spacial score (nSPS) is 11.1. The molecule has 0 aliphatic rings. The van der Waals surface area contributed by atoms with Crippen LogP contribution in [0.5, 0.6) is 0 Å². The van der Waals surface area contributed by atoms with Gasteiger partial charge in [-0.1, -0.05) is 60.7 Å². The molecule has 0 spiro atoms. The van der Waals surface area contributed by atoms with Crippen LogP contribution in [0.1, 0.15) is 0 Å². The van der Waals surface area contributed by atoms with Gasteiger partial charge in [-0.05, 0) is 0 Å². The first-order chi connectivity index (χ1) is 23.2. The van der Waals surface area contributed by atoms with Crippen LogP contribution < -0.4 is 4.46 Å². The molecule has 0 aliphatic heterocycles. The molecule has 1 aromatic heterocycles. The Morgan fingerprint density at radius 2 is 0.830 bits per heavy atom. The van der Waals surface area contributed by atoms with Gasteiger partial charge in [-0.15, -0.1) is 0 Å². The van der Waals surface area contributed by atoms with Crippen LogP contribution >= 0.6 is 0 Å². The zero-order valence-electron chi connectivity index (χ0n) is 25.4. The third-order valence-corrected chi connectivity index (χ3v) is 9.16. The molecule has 0 fully saturated rings. The fourth-order valence-corrected chi connectivity index (χ4v) is 6.53. The Kier molecular flexibility index (Phi) is 7.72. The second kappa shape index (κ2) is 12.6. The van der Waals surface area contributed by atoms with Crippen LogP contribution in [0.15, 0.2) is 170 Å². The summed E-state index contributed by atoms with van der Waals surface area (Å²) < 4.78 is 1.12. The van der Waals surface area contributed by atoms with Crippen molar-refractivity contribution in [1.82, 2.24) is 15.0 Å². The predicted octanol–water partition coefficient (Wildman–Crippen LogP) is 9.82. The summed E-state index contributed by atoms with van der Waals surface area (Å²) in [6.45, 7) is 0. The predicted molar refractivity (Wildman–Crippen MR) is 195 cm³/mol. The molecule has 0 bridgehead atoms. The van der Waals surface area contributed by atoms with E-state index in [0.717, 1.165) is 43.1 Å². The van der Waals surface area contributed by atoms with Crippen molar-refractivity contribution in [2.75, 3.05) is 0 Å². The van der Waals surface area contributed by atoms with E-state index in [4.69, 9.17) is 15.0 Å².